The maximum absolute atomic E-state index is 11.0. The molecule has 0 bridgehead atoms. The lowest BCUT2D eigenvalue weighted by atomic mass is 10.2. The topological polar surface area (TPSA) is 38.3 Å². The van der Waals surface area contributed by atoms with Crippen molar-refractivity contribution in [3.05, 3.63) is 11.6 Å². The summed E-state index contributed by atoms with van der Waals surface area (Å²) in [5.41, 5.74) is 0.687. The third kappa shape index (κ3) is 4.91. The van der Waals surface area contributed by atoms with Gasteiger partial charge in [0.25, 0.3) is 0 Å². The van der Waals surface area contributed by atoms with Crippen LogP contribution in [0.25, 0.3) is 0 Å². The van der Waals surface area contributed by atoms with Crippen molar-refractivity contribution in [1.29, 1.82) is 0 Å². The first-order valence-corrected chi connectivity index (χ1v) is 4.20. The molecular weight excluding hydrogens is 154 g/mol. The SMILES string of the molecule is CCOC(=O)C(C)=CCCNC. The molecule has 3 nitrogen and oxygen atoms in total. The molecule has 70 valence electrons. The number of carbonyl (C=O) groups is 1. The third-order valence-corrected chi connectivity index (χ3v) is 1.44. The highest BCUT2D eigenvalue weighted by Gasteiger charge is 2.02. The van der Waals surface area contributed by atoms with E-state index in [0.717, 1.165) is 13.0 Å². The Labute approximate surface area is 73.8 Å². The van der Waals surface area contributed by atoms with Crippen molar-refractivity contribution in [1.82, 2.24) is 5.32 Å². The summed E-state index contributed by atoms with van der Waals surface area (Å²) < 4.78 is 4.81. The molecule has 0 fully saturated rings. The monoisotopic (exact) mass is 171 g/mol. The van der Waals surface area contributed by atoms with Gasteiger partial charge in [0, 0.05) is 5.57 Å². The van der Waals surface area contributed by atoms with E-state index in [9.17, 15) is 4.79 Å². The zero-order valence-corrected chi connectivity index (χ0v) is 8.02. The van der Waals surface area contributed by atoms with Crippen molar-refractivity contribution in [2.24, 2.45) is 0 Å². The molecule has 0 heterocycles. The fraction of sp³-hybridized carbons (Fsp3) is 0.667. The molecule has 0 aliphatic heterocycles. The maximum Gasteiger partial charge on any atom is 0.333 e. The first-order chi connectivity index (χ1) is 5.72. The zero-order chi connectivity index (χ0) is 9.40. The summed E-state index contributed by atoms with van der Waals surface area (Å²) in [7, 11) is 1.88. The average Bonchev–Trinajstić information content (AvgIpc) is 2.05. The van der Waals surface area contributed by atoms with Gasteiger partial charge in [0.2, 0.25) is 0 Å². The summed E-state index contributed by atoms with van der Waals surface area (Å²) in [5.74, 6) is -0.214. The second-order valence-electron chi connectivity index (χ2n) is 2.50. The van der Waals surface area contributed by atoms with Crippen molar-refractivity contribution in [3.63, 3.8) is 0 Å². The fourth-order valence-corrected chi connectivity index (χ4v) is 0.761. The second-order valence-corrected chi connectivity index (χ2v) is 2.50. The normalized spacial score (nSPS) is 11.4. The first kappa shape index (κ1) is 11.2. The van der Waals surface area contributed by atoms with Gasteiger partial charge in [0.05, 0.1) is 6.61 Å². The van der Waals surface area contributed by atoms with Crippen LogP contribution in [-0.4, -0.2) is 26.2 Å². The predicted octanol–water partition coefficient (Wildman–Crippen LogP) is 1.11. The Morgan fingerprint density at radius 3 is 2.75 bits per heavy atom. The highest BCUT2D eigenvalue weighted by molar-refractivity contribution is 5.87. The van der Waals surface area contributed by atoms with Crippen LogP contribution in [-0.2, 0) is 9.53 Å². The van der Waals surface area contributed by atoms with Gasteiger partial charge in [-0.1, -0.05) is 6.08 Å². The standard InChI is InChI=1S/C9H17NO2/c1-4-12-9(11)8(2)6-5-7-10-3/h6,10H,4-5,7H2,1-3H3. The summed E-state index contributed by atoms with van der Waals surface area (Å²) in [5, 5.41) is 3.00. The molecule has 0 amide bonds. The van der Waals surface area contributed by atoms with Gasteiger partial charge in [-0.2, -0.15) is 0 Å². The van der Waals surface area contributed by atoms with Gasteiger partial charge in [-0.15, -0.1) is 0 Å². The van der Waals surface area contributed by atoms with Crippen molar-refractivity contribution < 1.29 is 9.53 Å². The molecule has 0 unspecified atom stereocenters. The van der Waals surface area contributed by atoms with E-state index in [1.807, 2.05) is 13.1 Å². The average molecular weight is 171 g/mol. The molecule has 0 atom stereocenters. The molecule has 0 aromatic heterocycles. The number of nitrogens with one attached hydrogen (secondary N) is 1. The van der Waals surface area contributed by atoms with E-state index in [1.165, 1.54) is 0 Å². The van der Waals surface area contributed by atoms with Gasteiger partial charge in [-0.25, -0.2) is 4.79 Å². The molecule has 0 saturated carbocycles. The quantitative estimate of drug-likeness (QED) is 0.382. The molecule has 0 aliphatic rings. The van der Waals surface area contributed by atoms with E-state index in [2.05, 4.69) is 5.32 Å². The first-order valence-electron chi connectivity index (χ1n) is 4.20. The zero-order valence-electron chi connectivity index (χ0n) is 8.02. The summed E-state index contributed by atoms with van der Waals surface area (Å²) in [6, 6.07) is 0. The Hall–Kier alpha value is -0.830. The summed E-state index contributed by atoms with van der Waals surface area (Å²) in [6.45, 7) is 4.90. The van der Waals surface area contributed by atoms with Crippen LogP contribution in [0.2, 0.25) is 0 Å². The van der Waals surface area contributed by atoms with Gasteiger partial charge >= 0.3 is 5.97 Å². The number of rotatable bonds is 5. The number of hydrogen-bond donors (Lipinski definition) is 1. The van der Waals surface area contributed by atoms with Gasteiger partial charge in [0.1, 0.15) is 0 Å². The molecule has 0 rings (SSSR count). The van der Waals surface area contributed by atoms with Crippen LogP contribution in [0, 0.1) is 0 Å². The Balaban J connectivity index is 3.74. The molecule has 12 heavy (non-hydrogen) atoms. The Morgan fingerprint density at radius 1 is 1.58 bits per heavy atom. The molecule has 1 N–H and O–H groups in total. The van der Waals surface area contributed by atoms with Crippen molar-refractivity contribution in [2.45, 2.75) is 20.3 Å². The third-order valence-electron chi connectivity index (χ3n) is 1.44. The minimum absolute atomic E-state index is 0.214. The van der Waals surface area contributed by atoms with Gasteiger partial charge in [0.15, 0.2) is 0 Å². The van der Waals surface area contributed by atoms with Crippen molar-refractivity contribution in [2.75, 3.05) is 20.2 Å². The molecule has 0 radical (unpaired) electrons. The van der Waals surface area contributed by atoms with Gasteiger partial charge in [-0.05, 0) is 33.9 Å². The molecule has 0 spiro atoms. The Bertz CT molecular complexity index is 164. The molecule has 0 aliphatic carbocycles. The molecule has 3 heteroatoms. The summed E-state index contributed by atoms with van der Waals surface area (Å²) in [6.07, 6.45) is 2.75. The van der Waals surface area contributed by atoms with E-state index in [1.54, 1.807) is 13.8 Å². The van der Waals surface area contributed by atoms with E-state index in [4.69, 9.17) is 4.74 Å². The summed E-state index contributed by atoms with van der Waals surface area (Å²) in [4.78, 5) is 11.0. The number of carbonyl (C=O) groups excluding carboxylic acids is 1. The van der Waals surface area contributed by atoms with Crippen LogP contribution >= 0.6 is 0 Å². The van der Waals surface area contributed by atoms with Crippen LogP contribution in [0.3, 0.4) is 0 Å². The minimum Gasteiger partial charge on any atom is -0.463 e. The van der Waals surface area contributed by atoms with E-state index in [-0.39, 0.29) is 5.97 Å². The maximum atomic E-state index is 11.0. The number of esters is 1. The molecule has 0 aromatic carbocycles. The van der Waals surface area contributed by atoms with E-state index in [0.29, 0.717) is 12.2 Å². The van der Waals surface area contributed by atoms with Crippen LogP contribution in [0.5, 0.6) is 0 Å². The highest BCUT2D eigenvalue weighted by Crippen LogP contribution is 1.97. The fourth-order valence-electron chi connectivity index (χ4n) is 0.761. The predicted molar refractivity (Wildman–Crippen MR) is 48.9 cm³/mol. The number of hydrogen-bond acceptors (Lipinski definition) is 3. The van der Waals surface area contributed by atoms with Gasteiger partial charge in [-0.3, -0.25) is 0 Å². The Kier molecular flexibility index (Phi) is 6.38. The second kappa shape index (κ2) is 6.85. The van der Waals surface area contributed by atoms with Gasteiger partial charge < -0.3 is 10.1 Å². The van der Waals surface area contributed by atoms with Crippen molar-refractivity contribution in [3.8, 4) is 0 Å². The Morgan fingerprint density at radius 2 is 2.25 bits per heavy atom. The molecule has 0 saturated heterocycles. The molecular formula is C9H17NO2. The van der Waals surface area contributed by atoms with Crippen LogP contribution in [0.15, 0.2) is 11.6 Å². The lowest BCUT2D eigenvalue weighted by Gasteiger charge is -2.00. The lowest BCUT2D eigenvalue weighted by molar-refractivity contribution is -0.138. The summed E-state index contributed by atoms with van der Waals surface area (Å²) >= 11 is 0. The highest BCUT2D eigenvalue weighted by atomic mass is 16.5. The smallest absolute Gasteiger partial charge is 0.333 e. The number of ether oxygens (including phenoxy) is 1. The van der Waals surface area contributed by atoms with E-state index < -0.39 is 0 Å². The van der Waals surface area contributed by atoms with Crippen LogP contribution in [0.4, 0.5) is 0 Å². The lowest BCUT2D eigenvalue weighted by Crippen LogP contribution is -2.08. The molecule has 0 aromatic rings. The van der Waals surface area contributed by atoms with E-state index >= 15 is 0 Å². The largest absolute Gasteiger partial charge is 0.463 e. The minimum atomic E-state index is -0.214. The van der Waals surface area contributed by atoms with Crippen LogP contribution < -0.4 is 5.32 Å². The van der Waals surface area contributed by atoms with Crippen molar-refractivity contribution >= 4 is 5.97 Å². The van der Waals surface area contributed by atoms with Crippen LogP contribution in [0.1, 0.15) is 20.3 Å².